The van der Waals surface area contributed by atoms with Gasteiger partial charge in [0.15, 0.2) is 5.82 Å². The number of nitrogens with zero attached hydrogens (tertiary/aromatic N) is 2. The molecule has 98 valence electrons. The SMILES string of the molecule is CCCC(N)c1noc(CCCc2cccs2)n1. The number of hydrogen-bond acceptors (Lipinski definition) is 5. The maximum atomic E-state index is 5.94. The van der Waals surface area contributed by atoms with Crippen molar-refractivity contribution in [1.82, 2.24) is 10.1 Å². The lowest BCUT2D eigenvalue weighted by atomic mass is 10.2. The average molecular weight is 265 g/mol. The maximum Gasteiger partial charge on any atom is 0.226 e. The van der Waals surface area contributed by atoms with Gasteiger partial charge in [0, 0.05) is 11.3 Å². The van der Waals surface area contributed by atoms with Crippen LogP contribution in [0.5, 0.6) is 0 Å². The fourth-order valence-electron chi connectivity index (χ4n) is 1.83. The van der Waals surface area contributed by atoms with E-state index in [4.69, 9.17) is 10.3 Å². The highest BCUT2D eigenvalue weighted by Gasteiger charge is 2.13. The van der Waals surface area contributed by atoms with Gasteiger partial charge in [-0.25, -0.2) is 0 Å². The molecule has 5 heteroatoms. The Labute approximate surface area is 111 Å². The second-order valence-corrected chi connectivity index (χ2v) is 5.41. The van der Waals surface area contributed by atoms with Gasteiger partial charge in [0.25, 0.3) is 0 Å². The lowest BCUT2D eigenvalue weighted by Crippen LogP contribution is -2.11. The summed E-state index contributed by atoms with van der Waals surface area (Å²) in [4.78, 5) is 5.75. The molecule has 18 heavy (non-hydrogen) atoms. The van der Waals surface area contributed by atoms with Gasteiger partial charge in [-0.05, 0) is 30.7 Å². The molecule has 0 aliphatic heterocycles. The monoisotopic (exact) mass is 265 g/mol. The van der Waals surface area contributed by atoms with Crippen LogP contribution >= 0.6 is 11.3 Å². The lowest BCUT2D eigenvalue weighted by molar-refractivity contribution is 0.366. The molecule has 0 radical (unpaired) electrons. The summed E-state index contributed by atoms with van der Waals surface area (Å²) in [5.74, 6) is 1.34. The summed E-state index contributed by atoms with van der Waals surface area (Å²) in [6.45, 7) is 2.10. The fourth-order valence-corrected chi connectivity index (χ4v) is 2.58. The van der Waals surface area contributed by atoms with Gasteiger partial charge in [0.2, 0.25) is 5.89 Å². The topological polar surface area (TPSA) is 64.9 Å². The maximum absolute atomic E-state index is 5.94. The highest BCUT2D eigenvalue weighted by Crippen LogP contribution is 2.15. The molecule has 1 atom stereocenters. The molecule has 2 aromatic rings. The van der Waals surface area contributed by atoms with E-state index in [1.54, 1.807) is 11.3 Å². The van der Waals surface area contributed by atoms with Crippen LogP contribution in [-0.2, 0) is 12.8 Å². The molecular weight excluding hydrogens is 246 g/mol. The molecule has 2 heterocycles. The van der Waals surface area contributed by atoms with Crippen LogP contribution in [0.3, 0.4) is 0 Å². The quantitative estimate of drug-likeness (QED) is 0.835. The van der Waals surface area contributed by atoms with E-state index in [0.29, 0.717) is 11.7 Å². The highest BCUT2D eigenvalue weighted by atomic mass is 32.1. The van der Waals surface area contributed by atoms with Gasteiger partial charge in [-0.1, -0.05) is 24.6 Å². The molecule has 2 rings (SSSR count). The van der Waals surface area contributed by atoms with Crippen molar-refractivity contribution in [2.45, 2.75) is 45.1 Å². The summed E-state index contributed by atoms with van der Waals surface area (Å²) in [6, 6.07) is 4.14. The summed E-state index contributed by atoms with van der Waals surface area (Å²) in [5.41, 5.74) is 5.94. The molecule has 0 bridgehead atoms. The molecule has 0 aromatic carbocycles. The third-order valence-corrected chi connectivity index (χ3v) is 3.75. The predicted molar refractivity (Wildman–Crippen MR) is 72.5 cm³/mol. The van der Waals surface area contributed by atoms with E-state index in [-0.39, 0.29) is 6.04 Å². The number of thiophene rings is 1. The zero-order valence-corrected chi connectivity index (χ0v) is 11.4. The number of nitrogens with two attached hydrogens (primary N) is 1. The average Bonchev–Trinajstić information content (AvgIpc) is 3.00. The first-order valence-corrected chi connectivity index (χ1v) is 7.28. The molecule has 0 saturated carbocycles. The molecule has 1 unspecified atom stereocenters. The Morgan fingerprint density at radius 2 is 2.33 bits per heavy atom. The second-order valence-electron chi connectivity index (χ2n) is 4.37. The molecule has 0 spiro atoms. The van der Waals surface area contributed by atoms with E-state index in [0.717, 1.165) is 32.1 Å². The Hall–Kier alpha value is -1.20. The van der Waals surface area contributed by atoms with Gasteiger partial charge in [-0.15, -0.1) is 11.3 Å². The molecule has 2 N–H and O–H groups in total. The van der Waals surface area contributed by atoms with Crippen LogP contribution in [-0.4, -0.2) is 10.1 Å². The number of hydrogen-bond donors (Lipinski definition) is 1. The van der Waals surface area contributed by atoms with Crippen LogP contribution in [0.2, 0.25) is 0 Å². The van der Waals surface area contributed by atoms with Crippen LogP contribution in [0.15, 0.2) is 22.0 Å². The van der Waals surface area contributed by atoms with Gasteiger partial charge >= 0.3 is 0 Å². The molecule has 0 saturated heterocycles. The van der Waals surface area contributed by atoms with Crippen LogP contribution in [0, 0.1) is 0 Å². The van der Waals surface area contributed by atoms with Crippen molar-refractivity contribution in [3.63, 3.8) is 0 Å². The number of aromatic nitrogens is 2. The van der Waals surface area contributed by atoms with E-state index < -0.39 is 0 Å². The molecule has 0 aliphatic rings. The van der Waals surface area contributed by atoms with Crippen LogP contribution in [0.1, 0.15) is 48.8 Å². The third kappa shape index (κ3) is 3.65. The standard InChI is InChI=1S/C13H19N3OS/c1-2-5-11(14)13-15-12(17-16-13)8-3-6-10-7-4-9-18-10/h4,7,9,11H,2-3,5-6,8,14H2,1H3. The van der Waals surface area contributed by atoms with Gasteiger partial charge in [0.05, 0.1) is 6.04 Å². The lowest BCUT2D eigenvalue weighted by Gasteiger charge is -2.02. The minimum atomic E-state index is -0.0928. The minimum absolute atomic E-state index is 0.0928. The third-order valence-electron chi connectivity index (χ3n) is 2.81. The first-order chi connectivity index (χ1) is 8.79. The molecule has 2 aromatic heterocycles. The summed E-state index contributed by atoms with van der Waals surface area (Å²) in [5, 5.41) is 6.04. The van der Waals surface area contributed by atoms with Crippen LogP contribution in [0.4, 0.5) is 0 Å². The van der Waals surface area contributed by atoms with Crippen molar-refractivity contribution in [2.24, 2.45) is 5.73 Å². The summed E-state index contributed by atoms with van der Waals surface area (Å²) >= 11 is 1.79. The smallest absolute Gasteiger partial charge is 0.226 e. The minimum Gasteiger partial charge on any atom is -0.339 e. The van der Waals surface area contributed by atoms with Gasteiger partial charge < -0.3 is 10.3 Å². The normalized spacial score (nSPS) is 12.8. The van der Waals surface area contributed by atoms with E-state index in [9.17, 15) is 0 Å². The Kier molecular flexibility index (Phi) is 4.90. The molecular formula is C13H19N3OS. The zero-order chi connectivity index (χ0) is 12.8. The predicted octanol–water partition coefficient (Wildman–Crippen LogP) is 3.11. The van der Waals surface area contributed by atoms with Crippen LogP contribution in [0.25, 0.3) is 0 Å². The number of rotatable bonds is 7. The van der Waals surface area contributed by atoms with E-state index in [2.05, 4.69) is 34.6 Å². The fraction of sp³-hybridized carbons (Fsp3) is 0.538. The van der Waals surface area contributed by atoms with E-state index in [1.807, 2.05) is 0 Å². The highest BCUT2D eigenvalue weighted by molar-refractivity contribution is 7.09. The number of aryl methyl sites for hydroxylation is 2. The second kappa shape index (κ2) is 6.66. The van der Waals surface area contributed by atoms with Crippen molar-refractivity contribution in [3.8, 4) is 0 Å². The summed E-state index contributed by atoms with van der Waals surface area (Å²) in [6.07, 6.45) is 4.85. The van der Waals surface area contributed by atoms with E-state index in [1.165, 1.54) is 4.88 Å². The summed E-state index contributed by atoms with van der Waals surface area (Å²) in [7, 11) is 0. The largest absolute Gasteiger partial charge is 0.339 e. The van der Waals surface area contributed by atoms with Gasteiger partial charge in [-0.2, -0.15) is 4.98 Å². The van der Waals surface area contributed by atoms with Gasteiger partial charge in [-0.3, -0.25) is 0 Å². The molecule has 4 nitrogen and oxygen atoms in total. The Morgan fingerprint density at radius 3 is 3.06 bits per heavy atom. The zero-order valence-electron chi connectivity index (χ0n) is 10.6. The molecule has 0 amide bonds. The van der Waals surface area contributed by atoms with Crippen molar-refractivity contribution < 1.29 is 4.52 Å². The van der Waals surface area contributed by atoms with Crippen LogP contribution < -0.4 is 5.73 Å². The van der Waals surface area contributed by atoms with Crippen molar-refractivity contribution >= 4 is 11.3 Å². The Morgan fingerprint density at radius 1 is 1.44 bits per heavy atom. The van der Waals surface area contributed by atoms with Crippen molar-refractivity contribution in [3.05, 3.63) is 34.1 Å². The van der Waals surface area contributed by atoms with Crippen molar-refractivity contribution in [1.29, 1.82) is 0 Å². The molecule has 0 aliphatic carbocycles. The van der Waals surface area contributed by atoms with Gasteiger partial charge in [0.1, 0.15) is 0 Å². The molecule has 0 fully saturated rings. The first kappa shape index (κ1) is 13.2. The Bertz CT molecular complexity index is 453. The Balaban J connectivity index is 1.79. The summed E-state index contributed by atoms with van der Waals surface area (Å²) < 4.78 is 5.21. The van der Waals surface area contributed by atoms with Crippen molar-refractivity contribution in [2.75, 3.05) is 0 Å². The van der Waals surface area contributed by atoms with E-state index >= 15 is 0 Å². The first-order valence-electron chi connectivity index (χ1n) is 6.40.